The molecule has 0 aliphatic heterocycles. The van der Waals surface area contributed by atoms with Gasteiger partial charge in [-0.1, -0.05) is 39.3 Å². The lowest BCUT2D eigenvalue weighted by Crippen LogP contribution is -2.40. The Morgan fingerprint density at radius 1 is 1.17 bits per heavy atom. The van der Waals surface area contributed by atoms with Crippen LogP contribution in [-0.2, 0) is 4.79 Å². The molecule has 6 heteroatoms. The number of amides is 2. The van der Waals surface area contributed by atoms with Gasteiger partial charge in [-0.2, -0.15) is 0 Å². The van der Waals surface area contributed by atoms with E-state index in [0.29, 0.717) is 29.9 Å². The topological polar surface area (TPSA) is 72.6 Å². The zero-order valence-corrected chi connectivity index (χ0v) is 14.9. The van der Waals surface area contributed by atoms with E-state index >= 15 is 0 Å². The molecule has 0 saturated carbocycles. The van der Waals surface area contributed by atoms with Crippen LogP contribution in [0.5, 0.6) is 5.75 Å². The highest BCUT2D eigenvalue weighted by molar-refractivity contribution is 6.31. The Morgan fingerprint density at radius 3 is 2.22 bits per heavy atom. The molecule has 0 saturated heterocycles. The van der Waals surface area contributed by atoms with Crippen molar-refractivity contribution >= 4 is 23.4 Å². The fraction of sp³-hybridized carbons (Fsp3) is 0.529. The van der Waals surface area contributed by atoms with Crippen molar-refractivity contribution in [1.82, 2.24) is 4.90 Å². The molecular formula is C17H25ClN2O3. The standard InChI is InChI=1S/C17H25ClN2O3/c1-11(2)8-20(9-12(3)4)16(21)10-23-15-6-5-13(18)7-14(15)17(19)22/h5-7,11-12H,8-10H2,1-4H3,(H2,19,22). The fourth-order valence-electron chi connectivity index (χ4n) is 2.21. The molecule has 1 rings (SSSR count). The molecule has 0 radical (unpaired) electrons. The van der Waals surface area contributed by atoms with Crippen molar-refractivity contribution in [2.75, 3.05) is 19.7 Å². The Kier molecular flexibility index (Phi) is 7.36. The molecule has 0 spiro atoms. The minimum Gasteiger partial charge on any atom is -0.483 e. The number of halogens is 1. The molecule has 0 unspecified atom stereocenters. The highest BCUT2D eigenvalue weighted by Gasteiger charge is 2.18. The van der Waals surface area contributed by atoms with Gasteiger partial charge >= 0.3 is 0 Å². The predicted octanol–water partition coefficient (Wildman–Crippen LogP) is 2.96. The predicted molar refractivity (Wildman–Crippen MR) is 91.7 cm³/mol. The Morgan fingerprint density at radius 2 is 1.74 bits per heavy atom. The molecule has 1 aromatic rings. The maximum atomic E-state index is 12.4. The summed E-state index contributed by atoms with van der Waals surface area (Å²) in [5.41, 5.74) is 5.48. The van der Waals surface area contributed by atoms with Gasteiger partial charge in [-0.3, -0.25) is 9.59 Å². The third-order valence-electron chi connectivity index (χ3n) is 3.08. The average molecular weight is 341 g/mol. The molecule has 128 valence electrons. The Bertz CT molecular complexity index is 549. The van der Waals surface area contributed by atoms with E-state index in [2.05, 4.69) is 27.7 Å². The SMILES string of the molecule is CC(C)CN(CC(C)C)C(=O)COc1ccc(Cl)cc1C(N)=O. The largest absolute Gasteiger partial charge is 0.483 e. The molecule has 5 nitrogen and oxygen atoms in total. The summed E-state index contributed by atoms with van der Waals surface area (Å²) in [6.45, 7) is 9.45. The maximum Gasteiger partial charge on any atom is 0.260 e. The molecule has 0 atom stereocenters. The summed E-state index contributed by atoms with van der Waals surface area (Å²) >= 11 is 5.85. The van der Waals surface area contributed by atoms with Gasteiger partial charge in [0.1, 0.15) is 5.75 Å². The van der Waals surface area contributed by atoms with E-state index in [-0.39, 0.29) is 23.8 Å². The quantitative estimate of drug-likeness (QED) is 0.790. The summed E-state index contributed by atoms with van der Waals surface area (Å²) in [6.07, 6.45) is 0. The van der Waals surface area contributed by atoms with Crippen LogP contribution in [0.15, 0.2) is 18.2 Å². The van der Waals surface area contributed by atoms with Gasteiger partial charge in [0, 0.05) is 18.1 Å². The summed E-state index contributed by atoms with van der Waals surface area (Å²) in [4.78, 5) is 25.6. The summed E-state index contributed by atoms with van der Waals surface area (Å²) in [5, 5.41) is 0.388. The summed E-state index contributed by atoms with van der Waals surface area (Å²) in [6, 6.07) is 4.57. The van der Waals surface area contributed by atoms with Crippen molar-refractivity contribution in [3.63, 3.8) is 0 Å². The van der Waals surface area contributed by atoms with Crippen LogP contribution < -0.4 is 10.5 Å². The van der Waals surface area contributed by atoms with Gasteiger partial charge < -0.3 is 15.4 Å². The Balaban J connectivity index is 2.79. The molecule has 0 aliphatic carbocycles. The van der Waals surface area contributed by atoms with E-state index in [1.165, 1.54) is 6.07 Å². The van der Waals surface area contributed by atoms with E-state index in [4.69, 9.17) is 22.1 Å². The number of carbonyl (C=O) groups excluding carboxylic acids is 2. The summed E-state index contributed by atoms with van der Waals surface area (Å²) < 4.78 is 5.51. The number of rotatable bonds is 8. The van der Waals surface area contributed by atoms with Crippen LogP contribution in [0, 0.1) is 11.8 Å². The normalized spacial score (nSPS) is 10.9. The van der Waals surface area contributed by atoms with Crippen molar-refractivity contribution < 1.29 is 14.3 Å². The second-order valence-corrected chi connectivity index (χ2v) is 6.82. The molecule has 0 fully saturated rings. The first-order valence-corrected chi connectivity index (χ1v) is 8.08. The van der Waals surface area contributed by atoms with Crippen LogP contribution in [0.3, 0.4) is 0 Å². The number of benzene rings is 1. The molecule has 0 bridgehead atoms. The zero-order valence-electron chi connectivity index (χ0n) is 14.1. The van der Waals surface area contributed by atoms with E-state index in [0.717, 1.165) is 0 Å². The van der Waals surface area contributed by atoms with Crippen LogP contribution in [0.1, 0.15) is 38.1 Å². The molecule has 23 heavy (non-hydrogen) atoms. The Hall–Kier alpha value is -1.75. The summed E-state index contributed by atoms with van der Waals surface area (Å²) in [5.74, 6) is 0.252. The first kappa shape index (κ1) is 19.3. The number of hydrogen-bond acceptors (Lipinski definition) is 3. The first-order valence-electron chi connectivity index (χ1n) is 7.70. The number of hydrogen-bond donors (Lipinski definition) is 1. The third-order valence-corrected chi connectivity index (χ3v) is 3.32. The van der Waals surface area contributed by atoms with Crippen LogP contribution >= 0.6 is 11.6 Å². The molecule has 0 aromatic heterocycles. The number of nitrogens with two attached hydrogens (primary N) is 1. The molecule has 0 aliphatic rings. The molecular weight excluding hydrogens is 316 g/mol. The van der Waals surface area contributed by atoms with Crippen LogP contribution in [-0.4, -0.2) is 36.4 Å². The van der Waals surface area contributed by atoms with Gasteiger partial charge in [0.15, 0.2) is 6.61 Å². The van der Waals surface area contributed by atoms with Crippen LogP contribution in [0.25, 0.3) is 0 Å². The van der Waals surface area contributed by atoms with Crippen molar-refractivity contribution in [1.29, 1.82) is 0 Å². The number of ether oxygens (including phenoxy) is 1. The van der Waals surface area contributed by atoms with Crippen molar-refractivity contribution in [3.05, 3.63) is 28.8 Å². The second kappa shape index (κ2) is 8.77. The maximum absolute atomic E-state index is 12.4. The van der Waals surface area contributed by atoms with Gasteiger partial charge in [0.25, 0.3) is 11.8 Å². The second-order valence-electron chi connectivity index (χ2n) is 6.38. The minimum absolute atomic E-state index is 0.113. The minimum atomic E-state index is -0.642. The van der Waals surface area contributed by atoms with Gasteiger partial charge in [-0.05, 0) is 30.0 Å². The van der Waals surface area contributed by atoms with Gasteiger partial charge in [0.2, 0.25) is 0 Å². The lowest BCUT2D eigenvalue weighted by molar-refractivity contribution is -0.134. The first-order chi connectivity index (χ1) is 10.7. The average Bonchev–Trinajstić information content (AvgIpc) is 2.43. The number of primary amides is 1. The van der Waals surface area contributed by atoms with E-state index in [1.807, 2.05) is 0 Å². The summed E-state index contributed by atoms with van der Waals surface area (Å²) in [7, 11) is 0. The number of carbonyl (C=O) groups is 2. The van der Waals surface area contributed by atoms with E-state index in [1.54, 1.807) is 17.0 Å². The zero-order chi connectivity index (χ0) is 17.6. The van der Waals surface area contributed by atoms with Gasteiger partial charge in [0.05, 0.1) is 5.56 Å². The fourth-order valence-corrected chi connectivity index (χ4v) is 2.38. The number of nitrogens with zero attached hydrogens (tertiary/aromatic N) is 1. The third kappa shape index (κ3) is 6.48. The highest BCUT2D eigenvalue weighted by atomic mass is 35.5. The Labute approximate surface area is 142 Å². The van der Waals surface area contributed by atoms with E-state index < -0.39 is 5.91 Å². The smallest absolute Gasteiger partial charge is 0.260 e. The molecule has 1 aromatic carbocycles. The molecule has 0 heterocycles. The van der Waals surface area contributed by atoms with Crippen molar-refractivity contribution in [2.45, 2.75) is 27.7 Å². The lowest BCUT2D eigenvalue weighted by atomic mass is 10.1. The van der Waals surface area contributed by atoms with Crippen molar-refractivity contribution in [2.24, 2.45) is 17.6 Å². The molecule has 2 amide bonds. The van der Waals surface area contributed by atoms with Gasteiger partial charge in [-0.25, -0.2) is 0 Å². The van der Waals surface area contributed by atoms with E-state index in [9.17, 15) is 9.59 Å². The van der Waals surface area contributed by atoms with Crippen molar-refractivity contribution in [3.8, 4) is 5.75 Å². The monoisotopic (exact) mass is 340 g/mol. The van der Waals surface area contributed by atoms with Crippen LogP contribution in [0.4, 0.5) is 0 Å². The van der Waals surface area contributed by atoms with Crippen LogP contribution in [0.2, 0.25) is 5.02 Å². The van der Waals surface area contributed by atoms with Gasteiger partial charge in [-0.15, -0.1) is 0 Å². The molecule has 2 N–H and O–H groups in total. The lowest BCUT2D eigenvalue weighted by Gasteiger charge is -2.26. The highest BCUT2D eigenvalue weighted by Crippen LogP contribution is 2.22.